The Kier molecular flexibility index (Phi) is 6.17. The Hall–Kier alpha value is -1.89. The van der Waals surface area contributed by atoms with Crippen molar-refractivity contribution in [1.29, 1.82) is 0 Å². The first kappa shape index (κ1) is 16.2. The lowest BCUT2D eigenvalue weighted by Crippen LogP contribution is -2.15. The fraction of sp³-hybridized carbons (Fsp3) is 0.308. The third kappa shape index (κ3) is 5.00. The molecule has 0 saturated heterocycles. The average molecular weight is 344 g/mol. The summed E-state index contributed by atoms with van der Waals surface area (Å²) in [5, 5.41) is 11.4. The van der Waals surface area contributed by atoms with Gasteiger partial charge < -0.3 is 15.2 Å². The van der Waals surface area contributed by atoms with Crippen LogP contribution in [0.5, 0.6) is 0 Å². The molecule has 0 atom stereocenters. The monoisotopic (exact) mass is 343 g/mol. The van der Waals surface area contributed by atoms with E-state index in [2.05, 4.69) is 21.2 Å². The van der Waals surface area contributed by atoms with Crippen molar-refractivity contribution in [2.45, 2.75) is 19.8 Å². The van der Waals surface area contributed by atoms with Gasteiger partial charge in [0.05, 0.1) is 24.3 Å². The van der Waals surface area contributed by atoms with Crippen LogP contribution >= 0.6 is 15.9 Å². The SMILES string of the molecule is CCOC(=O)CCC(=O)Nc1ccc(C(=O)O)cc1Br. The lowest BCUT2D eigenvalue weighted by atomic mass is 10.2. The minimum Gasteiger partial charge on any atom is -0.478 e. The van der Waals surface area contributed by atoms with Crippen molar-refractivity contribution in [3.05, 3.63) is 28.2 Å². The highest BCUT2D eigenvalue weighted by Gasteiger charge is 2.11. The van der Waals surface area contributed by atoms with Gasteiger partial charge in [-0.3, -0.25) is 9.59 Å². The summed E-state index contributed by atoms with van der Waals surface area (Å²) in [6.45, 7) is 1.97. The van der Waals surface area contributed by atoms with Gasteiger partial charge in [0.25, 0.3) is 0 Å². The quantitative estimate of drug-likeness (QED) is 0.773. The van der Waals surface area contributed by atoms with Crippen LogP contribution in [0.3, 0.4) is 0 Å². The van der Waals surface area contributed by atoms with Crippen molar-refractivity contribution < 1.29 is 24.2 Å². The van der Waals surface area contributed by atoms with E-state index in [1.165, 1.54) is 18.2 Å². The highest BCUT2D eigenvalue weighted by atomic mass is 79.9. The topological polar surface area (TPSA) is 92.7 Å². The smallest absolute Gasteiger partial charge is 0.335 e. The molecule has 7 heteroatoms. The number of carbonyl (C=O) groups excluding carboxylic acids is 2. The van der Waals surface area contributed by atoms with Crippen molar-refractivity contribution >= 4 is 39.5 Å². The van der Waals surface area contributed by atoms with E-state index in [1.807, 2.05) is 0 Å². The lowest BCUT2D eigenvalue weighted by molar-refractivity contribution is -0.144. The number of hydrogen-bond acceptors (Lipinski definition) is 4. The van der Waals surface area contributed by atoms with Crippen LogP contribution in [0, 0.1) is 0 Å². The number of rotatable bonds is 6. The Morgan fingerprint density at radius 3 is 2.55 bits per heavy atom. The van der Waals surface area contributed by atoms with E-state index in [9.17, 15) is 14.4 Å². The number of amides is 1. The molecular weight excluding hydrogens is 330 g/mol. The van der Waals surface area contributed by atoms with Gasteiger partial charge in [0.15, 0.2) is 0 Å². The van der Waals surface area contributed by atoms with Gasteiger partial charge in [0.1, 0.15) is 0 Å². The summed E-state index contributed by atoms with van der Waals surface area (Å²) < 4.78 is 5.17. The molecule has 20 heavy (non-hydrogen) atoms. The van der Waals surface area contributed by atoms with Gasteiger partial charge in [-0.05, 0) is 41.1 Å². The molecule has 0 aliphatic rings. The van der Waals surface area contributed by atoms with Crippen molar-refractivity contribution in [1.82, 2.24) is 0 Å². The Morgan fingerprint density at radius 1 is 1.30 bits per heavy atom. The average Bonchev–Trinajstić information content (AvgIpc) is 2.39. The van der Waals surface area contributed by atoms with Crippen molar-refractivity contribution in [3.63, 3.8) is 0 Å². The summed E-state index contributed by atoms with van der Waals surface area (Å²) in [5.41, 5.74) is 0.560. The largest absolute Gasteiger partial charge is 0.478 e. The number of aromatic carboxylic acids is 1. The normalized spacial score (nSPS) is 9.90. The Bertz CT molecular complexity index is 529. The van der Waals surface area contributed by atoms with E-state index in [4.69, 9.17) is 9.84 Å². The molecular formula is C13H14BrNO5. The van der Waals surface area contributed by atoms with Crippen LogP contribution in [-0.2, 0) is 14.3 Å². The summed E-state index contributed by atoms with van der Waals surface area (Å²) in [7, 11) is 0. The van der Waals surface area contributed by atoms with Crippen LogP contribution in [0.1, 0.15) is 30.1 Å². The Morgan fingerprint density at radius 2 is 2.00 bits per heavy atom. The standard InChI is InChI=1S/C13H14BrNO5/c1-2-20-12(17)6-5-11(16)15-10-4-3-8(13(18)19)7-9(10)14/h3-4,7H,2,5-6H2,1H3,(H,15,16)(H,18,19). The molecule has 0 aliphatic heterocycles. The van der Waals surface area contributed by atoms with Crippen LogP contribution in [0.2, 0.25) is 0 Å². The second-order valence-corrected chi connectivity index (χ2v) is 4.71. The number of benzene rings is 1. The third-order valence-corrected chi connectivity index (χ3v) is 3.01. The number of carbonyl (C=O) groups is 3. The molecule has 1 amide bonds. The minimum atomic E-state index is -1.05. The maximum Gasteiger partial charge on any atom is 0.335 e. The van der Waals surface area contributed by atoms with E-state index in [0.717, 1.165) is 0 Å². The molecule has 0 aliphatic carbocycles. The van der Waals surface area contributed by atoms with Crippen LogP contribution in [0.15, 0.2) is 22.7 Å². The van der Waals surface area contributed by atoms with Crippen molar-refractivity contribution in [2.75, 3.05) is 11.9 Å². The van der Waals surface area contributed by atoms with Gasteiger partial charge in [-0.15, -0.1) is 0 Å². The van der Waals surface area contributed by atoms with Gasteiger partial charge in [-0.2, -0.15) is 0 Å². The minimum absolute atomic E-state index is 0.00447. The van der Waals surface area contributed by atoms with E-state index in [0.29, 0.717) is 10.2 Å². The first-order chi connectivity index (χ1) is 9.43. The number of ether oxygens (including phenoxy) is 1. The predicted octanol–water partition coefficient (Wildman–Crippen LogP) is 2.43. The fourth-order valence-corrected chi connectivity index (χ4v) is 1.89. The number of carboxylic acids is 1. The van der Waals surface area contributed by atoms with Crippen LogP contribution in [0.25, 0.3) is 0 Å². The second kappa shape index (κ2) is 7.64. The molecule has 0 spiro atoms. The molecule has 0 bridgehead atoms. The maximum absolute atomic E-state index is 11.6. The molecule has 0 heterocycles. The van der Waals surface area contributed by atoms with Crippen LogP contribution in [0.4, 0.5) is 5.69 Å². The fourth-order valence-electron chi connectivity index (χ4n) is 1.41. The second-order valence-electron chi connectivity index (χ2n) is 3.85. The molecule has 2 N–H and O–H groups in total. The van der Waals surface area contributed by atoms with E-state index < -0.39 is 11.9 Å². The molecule has 1 rings (SSSR count). The van der Waals surface area contributed by atoms with Gasteiger partial charge in [-0.1, -0.05) is 0 Å². The molecule has 1 aromatic rings. The number of esters is 1. The van der Waals surface area contributed by atoms with Crippen LogP contribution in [-0.4, -0.2) is 29.6 Å². The molecule has 1 aromatic carbocycles. The highest BCUT2D eigenvalue weighted by Crippen LogP contribution is 2.24. The molecule has 0 unspecified atom stereocenters. The number of nitrogens with one attached hydrogen (secondary N) is 1. The summed E-state index contributed by atoms with van der Waals surface area (Å²) in [6.07, 6.45) is 0.0104. The van der Waals surface area contributed by atoms with Gasteiger partial charge in [0.2, 0.25) is 5.91 Å². The maximum atomic E-state index is 11.6. The number of halogens is 1. The summed E-state index contributed by atoms with van der Waals surface area (Å²) in [6, 6.07) is 4.26. The molecule has 0 aromatic heterocycles. The van der Waals surface area contributed by atoms with E-state index in [-0.39, 0.29) is 30.9 Å². The van der Waals surface area contributed by atoms with Crippen molar-refractivity contribution in [3.8, 4) is 0 Å². The molecule has 108 valence electrons. The zero-order valence-electron chi connectivity index (χ0n) is 10.8. The molecule has 0 saturated carbocycles. The molecule has 6 nitrogen and oxygen atoms in total. The zero-order valence-corrected chi connectivity index (χ0v) is 12.4. The summed E-state index contributed by atoms with van der Waals surface area (Å²) in [5.74, 6) is -1.82. The Labute approximate surface area is 124 Å². The molecule has 0 fully saturated rings. The van der Waals surface area contributed by atoms with Crippen molar-refractivity contribution in [2.24, 2.45) is 0 Å². The summed E-state index contributed by atoms with van der Waals surface area (Å²) >= 11 is 3.18. The van der Waals surface area contributed by atoms with Gasteiger partial charge in [0, 0.05) is 10.9 Å². The number of anilines is 1. The van der Waals surface area contributed by atoms with Crippen LogP contribution < -0.4 is 5.32 Å². The predicted molar refractivity (Wildman–Crippen MR) is 75.6 cm³/mol. The van der Waals surface area contributed by atoms with E-state index >= 15 is 0 Å². The van der Waals surface area contributed by atoms with Gasteiger partial charge >= 0.3 is 11.9 Å². The lowest BCUT2D eigenvalue weighted by Gasteiger charge is -2.08. The molecule has 0 radical (unpaired) electrons. The zero-order chi connectivity index (χ0) is 15.1. The van der Waals surface area contributed by atoms with Gasteiger partial charge in [-0.25, -0.2) is 4.79 Å². The first-order valence-corrected chi connectivity index (χ1v) is 6.71. The third-order valence-electron chi connectivity index (χ3n) is 2.35. The number of carboxylic acid groups (broad SMARTS) is 1. The first-order valence-electron chi connectivity index (χ1n) is 5.92. The van der Waals surface area contributed by atoms with E-state index in [1.54, 1.807) is 6.92 Å². The highest BCUT2D eigenvalue weighted by molar-refractivity contribution is 9.10. The Balaban J connectivity index is 2.58. The number of hydrogen-bond donors (Lipinski definition) is 2. The summed E-state index contributed by atoms with van der Waals surface area (Å²) in [4.78, 5) is 33.5.